The van der Waals surface area contributed by atoms with Gasteiger partial charge in [0.15, 0.2) is 11.5 Å². The Labute approximate surface area is 167 Å². The Balaban J connectivity index is 1.38. The first-order valence-electron chi connectivity index (χ1n) is 8.83. The molecule has 6 nitrogen and oxygen atoms in total. The first-order valence-corrected chi connectivity index (χ1v) is 9.21. The smallest absolute Gasteiger partial charge is 0.270 e. The van der Waals surface area contributed by atoms with Gasteiger partial charge >= 0.3 is 0 Å². The zero-order valence-electron chi connectivity index (χ0n) is 14.9. The fraction of sp³-hybridized carbons (Fsp3) is 0.143. The lowest BCUT2D eigenvalue weighted by atomic mass is 10.2. The first-order chi connectivity index (χ1) is 13.7. The van der Waals surface area contributed by atoms with Crippen LogP contribution in [0.2, 0.25) is 5.02 Å². The number of amides is 1. The summed E-state index contributed by atoms with van der Waals surface area (Å²) in [4.78, 5) is 16.5. The number of aromatic nitrogens is 1. The number of rotatable bonds is 5. The van der Waals surface area contributed by atoms with Gasteiger partial charge in [0, 0.05) is 23.3 Å². The highest BCUT2D eigenvalue weighted by Gasteiger charge is 2.12. The van der Waals surface area contributed by atoms with Crippen LogP contribution in [-0.2, 0) is 6.54 Å². The number of carbonyl (C=O) groups is 1. The minimum absolute atomic E-state index is 0.259. The molecule has 0 saturated heterocycles. The molecule has 1 aliphatic heterocycles. The van der Waals surface area contributed by atoms with E-state index in [1.54, 1.807) is 24.4 Å². The zero-order chi connectivity index (χ0) is 19.3. The van der Waals surface area contributed by atoms with E-state index in [0.29, 0.717) is 36.2 Å². The fourth-order valence-electron chi connectivity index (χ4n) is 2.80. The van der Waals surface area contributed by atoms with Gasteiger partial charge in [-0.1, -0.05) is 29.8 Å². The molecule has 3 aromatic rings. The van der Waals surface area contributed by atoms with E-state index in [1.165, 1.54) is 0 Å². The predicted octanol–water partition coefficient (Wildman–Crippen LogP) is 4.18. The molecule has 0 saturated carbocycles. The molecule has 1 aromatic heterocycles. The standard InChI is InChI=1S/C21H18ClN3O3/c22-17-4-2-1-3-14(17)12-24-21(26)18-7-5-16(13-23-18)25-15-6-8-19-20(11-15)28-10-9-27-19/h1-8,11,13,25H,9-10,12H2,(H,24,26). The van der Waals surface area contributed by atoms with Crippen molar-refractivity contribution in [2.75, 3.05) is 18.5 Å². The summed E-state index contributed by atoms with van der Waals surface area (Å²) in [6, 6.07) is 16.5. The lowest BCUT2D eigenvalue weighted by molar-refractivity contribution is 0.0946. The third-order valence-corrected chi connectivity index (χ3v) is 4.59. The minimum atomic E-state index is -0.259. The number of anilines is 2. The highest BCUT2D eigenvalue weighted by atomic mass is 35.5. The Morgan fingerprint density at radius 2 is 1.79 bits per heavy atom. The lowest BCUT2D eigenvalue weighted by Crippen LogP contribution is -2.23. The van der Waals surface area contributed by atoms with E-state index in [-0.39, 0.29) is 5.91 Å². The van der Waals surface area contributed by atoms with Gasteiger partial charge in [-0.3, -0.25) is 4.79 Å². The molecule has 0 fully saturated rings. The molecular weight excluding hydrogens is 378 g/mol. The second-order valence-electron chi connectivity index (χ2n) is 6.19. The average Bonchev–Trinajstić information content (AvgIpc) is 2.73. The predicted molar refractivity (Wildman–Crippen MR) is 108 cm³/mol. The number of benzene rings is 2. The van der Waals surface area contributed by atoms with Crippen LogP contribution in [0.4, 0.5) is 11.4 Å². The van der Waals surface area contributed by atoms with Crippen LogP contribution < -0.4 is 20.1 Å². The molecular formula is C21H18ClN3O3. The van der Waals surface area contributed by atoms with E-state index >= 15 is 0 Å². The molecule has 0 bridgehead atoms. The second kappa shape index (κ2) is 8.19. The van der Waals surface area contributed by atoms with E-state index in [4.69, 9.17) is 21.1 Å². The van der Waals surface area contributed by atoms with Gasteiger partial charge in [-0.05, 0) is 35.9 Å². The van der Waals surface area contributed by atoms with Crippen LogP contribution in [0, 0.1) is 0 Å². The van der Waals surface area contributed by atoms with Crippen molar-refractivity contribution in [2.45, 2.75) is 6.54 Å². The van der Waals surface area contributed by atoms with Crippen LogP contribution in [0.3, 0.4) is 0 Å². The van der Waals surface area contributed by atoms with Gasteiger partial charge in [-0.25, -0.2) is 4.98 Å². The van der Waals surface area contributed by atoms with E-state index in [0.717, 1.165) is 22.7 Å². The van der Waals surface area contributed by atoms with Crippen LogP contribution >= 0.6 is 11.6 Å². The summed E-state index contributed by atoms with van der Waals surface area (Å²) in [5.74, 6) is 1.19. The largest absolute Gasteiger partial charge is 0.486 e. The molecule has 142 valence electrons. The first kappa shape index (κ1) is 18.1. The maximum absolute atomic E-state index is 12.3. The summed E-state index contributed by atoms with van der Waals surface area (Å²) < 4.78 is 11.1. The van der Waals surface area contributed by atoms with Crippen LogP contribution in [0.15, 0.2) is 60.8 Å². The van der Waals surface area contributed by atoms with Crippen LogP contribution in [-0.4, -0.2) is 24.1 Å². The van der Waals surface area contributed by atoms with E-state index < -0.39 is 0 Å². The number of pyridine rings is 1. The summed E-state index contributed by atoms with van der Waals surface area (Å²) >= 11 is 6.10. The molecule has 28 heavy (non-hydrogen) atoms. The van der Waals surface area contributed by atoms with Crippen molar-refractivity contribution in [3.8, 4) is 11.5 Å². The number of nitrogens with zero attached hydrogens (tertiary/aromatic N) is 1. The number of carbonyl (C=O) groups excluding carboxylic acids is 1. The van der Waals surface area contributed by atoms with Crippen molar-refractivity contribution >= 4 is 28.9 Å². The van der Waals surface area contributed by atoms with Crippen LogP contribution in [0.25, 0.3) is 0 Å². The number of fused-ring (bicyclic) bond motifs is 1. The van der Waals surface area contributed by atoms with Gasteiger partial charge in [0.1, 0.15) is 18.9 Å². The SMILES string of the molecule is O=C(NCc1ccccc1Cl)c1ccc(Nc2ccc3c(c2)OCCO3)cn1. The van der Waals surface area contributed by atoms with E-state index in [1.807, 2.05) is 36.4 Å². The van der Waals surface area contributed by atoms with Crippen molar-refractivity contribution in [3.63, 3.8) is 0 Å². The zero-order valence-corrected chi connectivity index (χ0v) is 15.7. The maximum Gasteiger partial charge on any atom is 0.270 e. The molecule has 2 N–H and O–H groups in total. The Morgan fingerprint density at radius 3 is 2.57 bits per heavy atom. The topological polar surface area (TPSA) is 72.5 Å². The summed E-state index contributed by atoms with van der Waals surface area (Å²) in [5.41, 5.74) is 2.80. The molecule has 2 aromatic carbocycles. The number of nitrogens with one attached hydrogen (secondary N) is 2. The third kappa shape index (κ3) is 4.18. The molecule has 1 aliphatic rings. The minimum Gasteiger partial charge on any atom is -0.486 e. The normalized spacial score (nSPS) is 12.3. The summed E-state index contributed by atoms with van der Waals surface area (Å²) in [6.45, 7) is 1.44. The summed E-state index contributed by atoms with van der Waals surface area (Å²) in [7, 11) is 0. The van der Waals surface area contributed by atoms with Gasteiger partial charge in [-0.2, -0.15) is 0 Å². The summed E-state index contributed by atoms with van der Waals surface area (Å²) in [5, 5.41) is 6.68. The Morgan fingerprint density at radius 1 is 1.00 bits per heavy atom. The van der Waals surface area contributed by atoms with Gasteiger partial charge in [0.25, 0.3) is 5.91 Å². The highest BCUT2D eigenvalue weighted by Crippen LogP contribution is 2.33. The van der Waals surface area contributed by atoms with Crippen molar-refractivity contribution in [1.82, 2.24) is 10.3 Å². The molecule has 0 atom stereocenters. The number of ether oxygens (including phenoxy) is 2. The second-order valence-corrected chi connectivity index (χ2v) is 6.60. The lowest BCUT2D eigenvalue weighted by Gasteiger charge is -2.19. The van der Waals surface area contributed by atoms with E-state index in [9.17, 15) is 4.79 Å². The molecule has 0 radical (unpaired) electrons. The fourth-order valence-corrected chi connectivity index (χ4v) is 3.00. The van der Waals surface area contributed by atoms with Crippen LogP contribution in [0.1, 0.15) is 16.1 Å². The molecule has 0 spiro atoms. The highest BCUT2D eigenvalue weighted by molar-refractivity contribution is 6.31. The third-order valence-electron chi connectivity index (χ3n) is 4.22. The molecule has 2 heterocycles. The van der Waals surface area contributed by atoms with Crippen molar-refractivity contribution in [1.29, 1.82) is 0 Å². The monoisotopic (exact) mass is 395 g/mol. The molecule has 4 rings (SSSR count). The van der Waals surface area contributed by atoms with Crippen molar-refractivity contribution in [2.24, 2.45) is 0 Å². The quantitative estimate of drug-likeness (QED) is 0.678. The van der Waals surface area contributed by atoms with Crippen molar-refractivity contribution in [3.05, 3.63) is 77.1 Å². The van der Waals surface area contributed by atoms with E-state index in [2.05, 4.69) is 15.6 Å². The molecule has 0 unspecified atom stereocenters. The summed E-state index contributed by atoms with van der Waals surface area (Å²) in [6.07, 6.45) is 1.61. The molecule has 1 amide bonds. The van der Waals surface area contributed by atoms with Crippen molar-refractivity contribution < 1.29 is 14.3 Å². The Hall–Kier alpha value is -3.25. The number of hydrogen-bond donors (Lipinski definition) is 2. The number of hydrogen-bond acceptors (Lipinski definition) is 5. The number of halogens is 1. The average molecular weight is 396 g/mol. The van der Waals surface area contributed by atoms with Gasteiger partial charge < -0.3 is 20.1 Å². The molecule has 7 heteroatoms. The van der Waals surface area contributed by atoms with Crippen LogP contribution in [0.5, 0.6) is 11.5 Å². The van der Waals surface area contributed by atoms with Gasteiger partial charge in [0.05, 0.1) is 11.9 Å². The maximum atomic E-state index is 12.3. The van der Waals surface area contributed by atoms with Gasteiger partial charge in [-0.15, -0.1) is 0 Å². The Bertz CT molecular complexity index is 992. The van der Waals surface area contributed by atoms with Gasteiger partial charge in [0.2, 0.25) is 0 Å². The molecule has 0 aliphatic carbocycles. The Kier molecular flexibility index (Phi) is 5.30.